The molecule has 174 valence electrons. The number of nitrogens with two attached hydrogens (primary N) is 1. The normalized spacial score (nSPS) is 11.5. The van der Waals surface area contributed by atoms with Crippen molar-refractivity contribution in [2.75, 3.05) is 11.9 Å². The number of hydrogen-bond acceptors (Lipinski definition) is 5. The third kappa shape index (κ3) is 6.41. The van der Waals surface area contributed by atoms with Crippen LogP contribution < -0.4 is 11.1 Å². The summed E-state index contributed by atoms with van der Waals surface area (Å²) < 4.78 is 7.10. The molecule has 1 aromatic heterocycles. The minimum absolute atomic E-state index is 0.0189. The van der Waals surface area contributed by atoms with Crippen LogP contribution >= 0.6 is 0 Å². The number of imidazole rings is 1. The number of nitrogens with zero attached hydrogens (tertiary/aromatic N) is 3. The molecular weight excluding hydrogens is 418 g/mol. The molecule has 0 aliphatic heterocycles. The topological polar surface area (TPSA) is 112 Å². The number of fused-ring (bicyclic) bond motifs is 1. The molecule has 2 aromatic carbocycles. The summed E-state index contributed by atoms with van der Waals surface area (Å²) in [4.78, 5) is 31.9. The van der Waals surface area contributed by atoms with Crippen LogP contribution in [-0.2, 0) is 18.3 Å². The van der Waals surface area contributed by atoms with Crippen LogP contribution in [0.3, 0.4) is 0 Å². The number of anilines is 1. The van der Waals surface area contributed by atoms with E-state index in [1.54, 1.807) is 19.1 Å². The third-order valence-electron chi connectivity index (χ3n) is 5.45. The fourth-order valence-corrected chi connectivity index (χ4v) is 3.45. The lowest BCUT2D eigenvalue weighted by Crippen LogP contribution is -2.16. The lowest BCUT2D eigenvalue weighted by molar-refractivity contribution is 0.101. The van der Waals surface area contributed by atoms with E-state index in [0.717, 1.165) is 48.2 Å². The van der Waals surface area contributed by atoms with Crippen molar-refractivity contribution in [3.63, 3.8) is 0 Å². The van der Waals surface area contributed by atoms with Crippen molar-refractivity contribution in [1.82, 2.24) is 9.55 Å². The minimum Gasteiger partial charge on any atom is -0.448 e. The molecule has 0 aliphatic rings. The van der Waals surface area contributed by atoms with Crippen molar-refractivity contribution in [2.24, 2.45) is 17.8 Å². The molecule has 0 radical (unpaired) electrons. The standard InChI is InChI=1S/C25H31N5O3/c1-4-5-6-7-14-33-25(32)29-24(26)18-8-11-20(12-9-18)27-16-23-28-21-15-19(17(2)31)10-13-22(21)30(23)3/h8-13,15,27H,4-7,14,16H2,1-3H3,(H2,26,29,32). The lowest BCUT2D eigenvalue weighted by atomic mass is 10.1. The average Bonchev–Trinajstić information content (AvgIpc) is 3.12. The highest BCUT2D eigenvalue weighted by molar-refractivity contribution is 6.03. The van der Waals surface area contributed by atoms with Crippen molar-refractivity contribution < 1.29 is 14.3 Å². The van der Waals surface area contributed by atoms with Crippen molar-refractivity contribution in [2.45, 2.75) is 46.1 Å². The maximum absolute atomic E-state index is 11.8. The number of aliphatic imine (C=N–C) groups is 1. The van der Waals surface area contributed by atoms with E-state index in [-0.39, 0.29) is 11.6 Å². The molecular formula is C25H31N5O3. The van der Waals surface area contributed by atoms with E-state index in [9.17, 15) is 9.59 Å². The Bertz CT molecular complexity index is 1150. The Kier molecular flexibility index (Phi) is 8.18. The molecule has 0 saturated carbocycles. The number of ketones is 1. The fraction of sp³-hybridized carbons (Fsp3) is 0.360. The number of carbonyl (C=O) groups excluding carboxylic acids is 2. The number of unbranched alkanes of at least 4 members (excludes halogenated alkanes) is 3. The number of hydrogen-bond donors (Lipinski definition) is 2. The molecule has 0 bridgehead atoms. The number of aryl methyl sites for hydroxylation is 1. The molecule has 33 heavy (non-hydrogen) atoms. The van der Waals surface area contributed by atoms with Gasteiger partial charge in [0.1, 0.15) is 11.7 Å². The van der Waals surface area contributed by atoms with Crippen LogP contribution in [0.2, 0.25) is 0 Å². The van der Waals surface area contributed by atoms with Gasteiger partial charge in [0.2, 0.25) is 0 Å². The highest BCUT2D eigenvalue weighted by atomic mass is 16.5. The number of rotatable bonds is 10. The molecule has 0 aliphatic carbocycles. The average molecular weight is 450 g/mol. The molecule has 0 saturated heterocycles. The van der Waals surface area contributed by atoms with Gasteiger partial charge in [-0.25, -0.2) is 9.78 Å². The summed E-state index contributed by atoms with van der Waals surface area (Å²) >= 11 is 0. The van der Waals surface area contributed by atoms with Crippen LogP contribution in [0.1, 0.15) is 61.3 Å². The smallest absolute Gasteiger partial charge is 0.435 e. The number of ether oxygens (including phenoxy) is 1. The minimum atomic E-state index is -0.666. The number of carbonyl (C=O) groups is 2. The van der Waals surface area contributed by atoms with Crippen LogP contribution in [0.25, 0.3) is 11.0 Å². The third-order valence-corrected chi connectivity index (χ3v) is 5.45. The predicted molar refractivity (Wildman–Crippen MR) is 131 cm³/mol. The van der Waals surface area contributed by atoms with Gasteiger partial charge >= 0.3 is 6.09 Å². The zero-order chi connectivity index (χ0) is 23.8. The van der Waals surface area contributed by atoms with E-state index in [2.05, 4.69) is 22.2 Å². The van der Waals surface area contributed by atoms with Crippen molar-refractivity contribution in [3.05, 3.63) is 59.4 Å². The molecule has 1 heterocycles. The highest BCUT2D eigenvalue weighted by Gasteiger charge is 2.10. The first kappa shape index (κ1) is 24.0. The van der Waals surface area contributed by atoms with Gasteiger partial charge in [-0.15, -0.1) is 0 Å². The van der Waals surface area contributed by atoms with Crippen LogP contribution in [0.5, 0.6) is 0 Å². The van der Waals surface area contributed by atoms with E-state index in [1.165, 1.54) is 0 Å². The summed E-state index contributed by atoms with van der Waals surface area (Å²) in [7, 11) is 1.95. The highest BCUT2D eigenvalue weighted by Crippen LogP contribution is 2.18. The largest absolute Gasteiger partial charge is 0.448 e. The van der Waals surface area contributed by atoms with Gasteiger partial charge in [-0.3, -0.25) is 4.79 Å². The van der Waals surface area contributed by atoms with Gasteiger partial charge in [0.05, 0.1) is 24.2 Å². The van der Waals surface area contributed by atoms with Gasteiger partial charge in [-0.2, -0.15) is 4.99 Å². The molecule has 0 unspecified atom stereocenters. The summed E-state index contributed by atoms with van der Waals surface area (Å²) in [6, 6.07) is 12.9. The molecule has 1 amide bonds. The summed E-state index contributed by atoms with van der Waals surface area (Å²) in [6.45, 7) is 4.54. The predicted octanol–water partition coefficient (Wildman–Crippen LogP) is 4.81. The van der Waals surface area contributed by atoms with Crippen molar-refractivity contribution in [3.8, 4) is 0 Å². The SMILES string of the molecule is CCCCCCOC(=O)N=C(N)c1ccc(NCc2nc3cc(C(C)=O)ccc3n2C)cc1. The van der Waals surface area contributed by atoms with Gasteiger partial charge in [0.25, 0.3) is 0 Å². The van der Waals surface area contributed by atoms with Crippen molar-refractivity contribution in [1.29, 1.82) is 0 Å². The van der Waals surface area contributed by atoms with Gasteiger partial charge in [0, 0.05) is 23.9 Å². The number of amides is 1. The summed E-state index contributed by atoms with van der Waals surface area (Å²) in [5.41, 5.74) is 9.87. The fourth-order valence-electron chi connectivity index (χ4n) is 3.45. The number of Topliss-reactive ketones (excluding diaryl/α,β-unsaturated/α-hetero) is 1. The van der Waals surface area contributed by atoms with E-state index >= 15 is 0 Å². The van der Waals surface area contributed by atoms with Gasteiger partial charge < -0.3 is 20.4 Å². The monoisotopic (exact) mass is 449 g/mol. The molecule has 8 nitrogen and oxygen atoms in total. The number of benzene rings is 2. The summed E-state index contributed by atoms with van der Waals surface area (Å²) in [5.74, 6) is 0.986. The molecule has 8 heteroatoms. The first-order valence-electron chi connectivity index (χ1n) is 11.2. The lowest BCUT2D eigenvalue weighted by Gasteiger charge is -2.08. The van der Waals surface area contributed by atoms with E-state index in [1.807, 2.05) is 41.9 Å². The Morgan fingerprint density at radius 2 is 1.82 bits per heavy atom. The van der Waals surface area contributed by atoms with Crippen LogP contribution in [0.15, 0.2) is 47.5 Å². The molecule has 0 fully saturated rings. The molecule has 3 N–H and O–H groups in total. The van der Waals surface area contributed by atoms with Gasteiger partial charge in [-0.1, -0.05) is 26.2 Å². The molecule has 3 rings (SSSR count). The quantitative estimate of drug-likeness (QED) is 0.199. The zero-order valence-electron chi connectivity index (χ0n) is 19.4. The second kappa shape index (κ2) is 11.3. The number of amidine groups is 1. The number of aromatic nitrogens is 2. The maximum atomic E-state index is 11.8. The van der Waals surface area contributed by atoms with E-state index in [4.69, 9.17) is 10.5 Å². The van der Waals surface area contributed by atoms with Crippen LogP contribution in [0, 0.1) is 0 Å². The first-order valence-corrected chi connectivity index (χ1v) is 11.2. The Hall–Kier alpha value is -3.68. The molecule has 3 aromatic rings. The number of nitrogens with one attached hydrogen (secondary N) is 1. The second-order valence-electron chi connectivity index (χ2n) is 7.95. The van der Waals surface area contributed by atoms with Gasteiger partial charge in [0.15, 0.2) is 5.78 Å². The first-order chi connectivity index (χ1) is 15.9. The van der Waals surface area contributed by atoms with E-state index < -0.39 is 6.09 Å². The van der Waals surface area contributed by atoms with E-state index in [0.29, 0.717) is 24.3 Å². The summed E-state index contributed by atoms with van der Waals surface area (Å²) in [5, 5.41) is 3.33. The molecule has 0 atom stereocenters. The Morgan fingerprint density at radius 3 is 2.52 bits per heavy atom. The second-order valence-corrected chi connectivity index (χ2v) is 7.95. The Labute approximate surface area is 193 Å². The summed E-state index contributed by atoms with van der Waals surface area (Å²) in [6.07, 6.45) is 3.45. The Morgan fingerprint density at radius 1 is 1.09 bits per heavy atom. The maximum Gasteiger partial charge on any atom is 0.435 e. The van der Waals surface area contributed by atoms with Crippen LogP contribution in [-0.4, -0.2) is 33.9 Å². The Balaban J connectivity index is 1.58. The molecule has 0 spiro atoms. The van der Waals surface area contributed by atoms with Gasteiger partial charge in [-0.05, 0) is 55.8 Å². The zero-order valence-corrected chi connectivity index (χ0v) is 19.4. The van der Waals surface area contributed by atoms with Crippen molar-refractivity contribution >= 4 is 34.4 Å². The van der Waals surface area contributed by atoms with Crippen LogP contribution in [0.4, 0.5) is 10.5 Å².